The van der Waals surface area contributed by atoms with Crippen molar-refractivity contribution in [1.82, 2.24) is 10.3 Å². The number of ether oxygens (including phenoxy) is 1. The number of aryl methyl sites for hydroxylation is 2. The van der Waals surface area contributed by atoms with E-state index in [9.17, 15) is 0 Å². The first-order valence-electron chi connectivity index (χ1n) is 7.54. The third-order valence-electron chi connectivity index (χ3n) is 4.06. The normalized spacial score (nSPS) is 27.5. The molecule has 1 aromatic rings. The van der Waals surface area contributed by atoms with Crippen LogP contribution >= 0.6 is 11.3 Å². The van der Waals surface area contributed by atoms with E-state index in [2.05, 4.69) is 19.2 Å². The lowest BCUT2D eigenvalue weighted by Gasteiger charge is -2.37. The lowest BCUT2D eigenvalue weighted by atomic mass is 9.92. The fraction of sp³-hybridized carbons (Fsp3) is 0.800. The number of hydrogen-bond donors (Lipinski definition) is 1. The molecule has 1 unspecified atom stereocenters. The molecule has 1 fully saturated rings. The lowest BCUT2D eigenvalue weighted by Crippen LogP contribution is -2.51. The molecule has 1 aromatic heterocycles. The molecule has 0 spiro atoms. The topological polar surface area (TPSA) is 34.2 Å². The van der Waals surface area contributed by atoms with Gasteiger partial charge in [0.25, 0.3) is 0 Å². The molecular weight excluding hydrogens is 256 g/mol. The van der Waals surface area contributed by atoms with Crippen molar-refractivity contribution in [3.63, 3.8) is 0 Å². The summed E-state index contributed by atoms with van der Waals surface area (Å²) in [6.07, 6.45) is 7.31. The molecule has 1 N–H and O–H groups in total. The first kappa shape index (κ1) is 13.5. The molecule has 0 saturated carbocycles. The van der Waals surface area contributed by atoms with E-state index < -0.39 is 0 Å². The maximum Gasteiger partial charge on any atom is 0.116 e. The van der Waals surface area contributed by atoms with Gasteiger partial charge in [0, 0.05) is 17.5 Å². The van der Waals surface area contributed by atoms with Crippen molar-refractivity contribution in [3.8, 4) is 0 Å². The summed E-state index contributed by atoms with van der Waals surface area (Å²) in [4.78, 5) is 6.50. The van der Waals surface area contributed by atoms with Gasteiger partial charge in [-0.25, -0.2) is 4.98 Å². The van der Waals surface area contributed by atoms with Gasteiger partial charge in [-0.1, -0.05) is 0 Å². The number of nitrogens with zero attached hydrogens (tertiary/aromatic N) is 1. The van der Waals surface area contributed by atoms with Crippen LogP contribution in [0.25, 0.3) is 0 Å². The molecule has 1 aliphatic carbocycles. The van der Waals surface area contributed by atoms with Gasteiger partial charge in [-0.05, 0) is 52.4 Å². The largest absolute Gasteiger partial charge is 0.379 e. The Balaban J connectivity index is 1.92. The van der Waals surface area contributed by atoms with Crippen LogP contribution < -0.4 is 5.32 Å². The van der Waals surface area contributed by atoms with E-state index >= 15 is 0 Å². The number of thiazole rings is 1. The maximum atomic E-state index is 5.78. The van der Waals surface area contributed by atoms with Gasteiger partial charge in [0.05, 0.1) is 17.8 Å². The monoisotopic (exact) mass is 280 g/mol. The number of aromatic nitrogens is 1. The van der Waals surface area contributed by atoms with Crippen LogP contribution in [0.3, 0.4) is 0 Å². The van der Waals surface area contributed by atoms with Crippen molar-refractivity contribution >= 4 is 11.3 Å². The predicted molar refractivity (Wildman–Crippen MR) is 78.8 cm³/mol. The molecule has 3 rings (SSSR count). The molecule has 0 radical (unpaired) electrons. The number of rotatable bonds is 3. The van der Waals surface area contributed by atoms with Gasteiger partial charge in [-0.2, -0.15) is 0 Å². The molecule has 3 nitrogen and oxygen atoms in total. The van der Waals surface area contributed by atoms with E-state index in [-0.39, 0.29) is 5.54 Å². The molecule has 2 aliphatic rings. The molecule has 1 aliphatic heterocycles. The van der Waals surface area contributed by atoms with Crippen LogP contribution in [0, 0.1) is 0 Å². The Morgan fingerprint density at radius 2 is 2.11 bits per heavy atom. The quantitative estimate of drug-likeness (QED) is 0.924. The highest BCUT2D eigenvalue weighted by atomic mass is 32.1. The van der Waals surface area contributed by atoms with Gasteiger partial charge in [0.15, 0.2) is 0 Å². The first-order valence-corrected chi connectivity index (χ1v) is 8.36. The van der Waals surface area contributed by atoms with Crippen LogP contribution in [0.4, 0.5) is 0 Å². The second kappa shape index (κ2) is 5.51. The third-order valence-corrected chi connectivity index (χ3v) is 5.42. The fourth-order valence-corrected chi connectivity index (χ4v) is 4.56. The molecule has 2 heterocycles. The van der Waals surface area contributed by atoms with Crippen LogP contribution in [0.5, 0.6) is 0 Å². The van der Waals surface area contributed by atoms with E-state index in [0.29, 0.717) is 6.04 Å². The first-order chi connectivity index (χ1) is 9.20. The highest BCUT2D eigenvalue weighted by Gasteiger charge is 2.38. The van der Waals surface area contributed by atoms with Crippen molar-refractivity contribution in [1.29, 1.82) is 0 Å². The summed E-state index contributed by atoms with van der Waals surface area (Å²) >= 11 is 1.93. The van der Waals surface area contributed by atoms with E-state index in [1.54, 1.807) is 0 Å². The van der Waals surface area contributed by atoms with Gasteiger partial charge in [-0.3, -0.25) is 0 Å². The zero-order valence-corrected chi connectivity index (χ0v) is 12.8. The highest BCUT2D eigenvalue weighted by Crippen LogP contribution is 2.37. The fourth-order valence-electron chi connectivity index (χ4n) is 3.25. The summed E-state index contributed by atoms with van der Waals surface area (Å²) < 4.78 is 5.78. The molecule has 0 aromatic carbocycles. The molecule has 1 saturated heterocycles. The van der Waals surface area contributed by atoms with Gasteiger partial charge < -0.3 is 10.1 Å². The summed E-state index contributed by atoms with van der Waals surface area (Å²) in [6, 6.07) is 0.461. The third kappa shape index (κ3) is 2.71. The summed E-state index contributed by atoms with van der Waals surface area (Å²) in [7, 11) is 0. The molecule has 4 heteroatoms. The summed E-state index contributed by atoms with van der Waals surface area (Å²) in [5.74, 6) is 0. The van der Waals surface area contributed by atoms with Crippen LogP contribution in [0.1, 0.15) is 55.1 Å². The van der Waals surface area contributed by atoms with Crippen molar-refractivity contribution in [2.75, 3.05) is 13.2 Å². The van der Waals surface area contributed by atoms with Gasteiger partial charge in [0.1, 0.15) is 5.01 Å². The zero-order valence-electron chi connectivity index (χ0n) is 12.0. The van der Waals surface area contributed by atoms with Gasteiger partial charge >= 0.3 is 0 Å². The van der Waals surface area contributed by atoms with E-state index in [0.717, 1.165) is 26.1 Å². The SMILES string of the molecule is CC(C)NC1(c2nc3c(s2)CCCC3)CCCOC1. The predicted octanol–water partition coefficient (Wildman–Crippen LogP) is 3.03. The number of fused-ring (bicyclic) bond motifs is 1. The Morgan fingerprint density at radius 3 is 2.79 bits per heavy atom. The molecule has 1 atom stereocenters. The molecular formula is C15H24N2OS. The molecule has 0 amide bonds. The smallest absolute Gasteiger partial charge is 0.116 e. The summed E-state index contributed by atoms with van der Waals surface area (Å²) in [6.45, 7) is 6.10. The Bertz CT molecular complexity index is 412. The van der Waals surface area contributed by atoms with Gasteiger partial charge in [0.2, 0.25) is 0 Å². The van der Waals surface area contributed by atoms with Crippen molar-refractivity contribution in [2.24, 2.45) is 0 Å². The Morgan fingerprint density at radius 1 is 1.26 bits per heavy atom. The summed E-state index contributed by atoms with van der Waals surface area (Å²) in [5.41, 5.74) is 1.33. The molecule has 0 bridgehead atoms. The average Bonchev–Trinajstić information content (AvgIpc) is 2.83. The highest BCUT2D eigenvalue weighted by molar-refractivity contribution is 7.11. The Labute approximate surface area is 119 Å². The van der Waals surface area contributed by atoms with Crippen molar-refractivity contribution < 1.29 is 4.74 Å². The Kier molecular flexibility index (Phi) is 3.92. The van der Waals surface area contributed by atoms with Crippen LogP contribution in [-0.4, -0.2) is 24.2 Å². The van der Waals surface area contributed by atoms with E-state index in [1.165, 1.54) is 41.3 Å². The van der Waals surface area contributed by atoms with Crippen LogP contribution in [-0.2, 0) is 23.1 Å². The van der Waals surface area contributed by atoms with E-state index in [4.69, 9.17) is 9.72 Å². The minimum Gasteiger partial charge on any atom is -0.379 e. The standard InChI is InChI=1S/C15H24N2OS/c1-11(2)17-15(8-5-9-18-10-15)14-16-12-6-3-4-7-13(12)19-14/h11,17H,3-10H2,1-2H3. The average molecular weight is 280 g/mol. The second-order valence-electron chi connectivity index (χ2n) is 6.13. The minimum absolute atomic E-state index is 0.0333. The van der Waals surface area contributed by atoms with Gasteiger partial charge in [-0.15, -0.1) is 11.3 Å². The van der Waals surface area contributed by atoms with Crippen LogP contribution in [0.15, 0.2) is 0 Å². The number of hydrogen-bond acceptors (Lipinski definition) is 4. The number of nitrogens with one attached hydrogen (secondary N) is 1. The lowest BCUT2D eigenvalue weighted by molar-refractivity contribution is 0.0140. The molecule has 106 valence electrons. The maximum absolute atomic E-state index is 5.78. The van der Waals surface area contributed by atoms with Crippen molar-refractivity contribution in [2.45, 2.75) is 64.0 Å². The van der Waals surface area contributed by atoms with E-state index in [1.807, 2.05) is 11.3 Å². The summed E-state index contributed by atoms with van der Waals surface area (Å²) in [5, 5.41) is 5.01. The second-order valence-corrected chi connectivity index (χ2v) is 7.22. The Hall–Kier alpha value is -0.450. The zero-order chi connectivity index (χ0) is 13.3. The molecule has 19 heavy (non-hydrogen) atoms. The van der Waals surface area contributed by atoms with Crippen molar-refractivity contribution in [3.05, 3.63) is 15.6 Å². The minimum atomic E-state index is -0.0333. The van der Waals surface area contributed by atoms with Crippen LogP contribution in [0.2, 0.25) is 0 Å².